The summed E-state index contributed by atoms with van der Waals surface area (Å²) in [6.45, 7) is 0.559. The number of hydrogen-bond donors (Lipinski definition) is 1. The van der Waals surface area contributed by atoms with Crippen molar-refractivity contribution < 1.29 is 4.39 Å². The van der Waals surface area contributed by atoms with E-state index in [2.05, 4.69) is 17.4 Å². The van der Waals surface area contributed by atoms with Crippen LogP contribution in [0.1, 0.15) is 11.1 Å². The minimum absolute atomic E-state index is 0.137. The quantitative estimate of drug-likeness (QED) is 0.821. The molecular weight excluding hydrogens is 245 g/mol. The van der Waals surface area contributed by atoms with Gasteiger partial charge in [0.15, 0.2) is 0 Å². The molecule has 1 N–H and O–H groups in total. The highest BCUT2D eigenvalue weighted by Gasteiger charge is 2.07. The van der Waals surface area contributed by atoms with Gasteiger partial charge in [-0.15, -0.1) is 11.8 Å². The van der Waals surface area contributed by atoms with Crippen molar-refractivity contribution in [3.8, 4) is 0 Å². The van der Waals surface area contributed by atoms with E-state index >= 15 is 0 Å². The van der Waals surface area contributed by atoms with E-state index in [9.17, 15) is 4.39 Å². The van der Waals surface area contributed by atoms with Crippen LogP contribution in [0.25, 0.3) is 0 Å². The Bertz CT molecular complexity index is 499. The molecule has 0 atom stereocenters. The molecule has 94 valence electrons. The number of hydrogen-bond acceptors (Lipinski definition) is 2. The van der Waals surface area contributed by atoms with E-state index < -0.39 is 0 Å². The first-order valence-electron chi connectivity index (χ1n) is 5.90. The van der Waals surface area contributed by atoms with Gasteiger partial charge < -0.3 is 5.32 Å². The van der Waals surface area contributed by atoms with Crippen molar-refractivity contribution in [1.29, 1.82) is 0 Å². The van der Waals surface area contributed by atoms with Crippen LogP contribution in [-0.4, -0.2) is 7.05 Å². The maximum absolute atomic E-state index is 13.7. The van der Waals surface area contributed by atoms with Crippen LogP contribution >= 0.6 is 11.8 Å². The molecule has 0 bridgehead atoms. The molecule has 0 aliphatic rings. The second-order valence-electron chi connectivity index (χ2n) is 4.02. The molecule has 0 heterocycles. The monoisotopic (exact) mass is 261 g/mol. The smallest absolute Gasteiger partial charge is 0.128 e. The first-order valence-corrected chi connectivity index (χ1v) is 6.88. The highest BCUT2D eigenvalue weighted by Crippen LogP contribution is 2.27. The molecule has 0 radical (unpaired) electrons. The third kappa shape index (κ3) is 3.34. The van der Waals surface area contributed by atoms with E-state index in [1.165, 1.54) is 11.6 Å². The third-order valence-electron chi connectivity index (χ3n) is 2.67. The van der Waals surface area contributed by atoms with Crippen molar-refractivity contribution in [1.82, 2.24) is 5.32 Å². The van der Waals surface area contributed by atoms with Crippen LogP contribution < -0.4 is 5.32 Å². The van der Waals surface area contributed by atoms with Gasteiger partial charge in [0, 0.05) is 22.8 Å². The van der Waals surface area contributed by atoms with Gasteiger partial charge in [-0.05, 0) is 24.7 Å². The summed E-state index contributed by atoms with van der Waals surface area (Å²) in [7, 11) is 1.83. The van der Waals surface area contributed by atoms with Gasteiger partial charge in [-0.2, -0.15) is 0 Å². The van der Waals surface area contributed by atoms with Crippen LogP contribution in [0.3, 0.4) is 0 Å². The largest absolute Gasteiger partial charge is 0.316 e. The molecule has 0 unspecified atom stereocenters. The van der Waals surface area contributed by atoms with Crippen molar-refractivity contribution in [3.63, 3.8) is 0 Å². The Morgan fingerprint density at radius 3 is 2.56 bits per heavy atom. The van der Waals surface area contributed by atoms with Crippen LogP contribution in [0, 0.1) is 5.82 Å². The summed E-state index contributed by atoms with van der Waals surface area (Å²) in [4.78, 5) is 1.01. The lowest BCUT2D eigenvalue weighted by atomic mass is 10.2. The van der Waals surface area contributed by atoms with Crippen molar-refractivity contribution in [2.45, 2.75) is 17.2 Å². The fourth-order valence-electron chi connectivity index (χ4n) is 1.76. The molecule has 2 rings (SSSR count). The summed E-state index contributed by atoms with van der Waals surface area (Å²) in [5, 5.41) is 3.01. The summed E-state index contributed by atoms with van der Waals surface area (Å²) in [5.41, 5.74) is 2.00. The van der Waals surface area contributed by atoms with Crippen molar-refractivity contribution >= 4 is 11.8 Å². The molecule has 1 nitrogen and oxygen atoms in total. The van der Waals surface area contributed by atoms with E-state index in [-0.39, 0.29) is 5.82 Å². The van der Waals surface area contributed by atoms with Crippen molar-refractivity contribution in [3.05, 3.63) is 65.5 Å². The average Bonchev–Trinajstić information content (AvgIpc) is 2.41. The molecule has 2 aromatic rings. The molecule has 0 spiro atoms. The Kier molecular flexibility index (Phi) is 4.79. The standard InChI is InChI=1S/C15H16FNS/c1-17-10-13-14(16)8-5-9-15(13)18-11-12-6-3-2-4-7-12/h2-9,17H,10-11H2,1H3. The number of rotatable bonds is 5. The minimum atomic E-state index is -0.137. The normalized spacial score (nSPS) is 10.6. The molecule has 2 aromatic carbocycles. The van der Waals surface area contributed by atoms with Gasteiger partial charge >= 0.3 is 0 Å². The summed E-state index contributed by atoms with van der Waals surface area (Å²) in [6.07, 6.45) is 0. The van der Waals surface area contributed by atoms with Gasteiger partial charge in [-0.3, -0.25) is 0 Å². The van der Waals surface area contributed by atoms with E-state index in [4.69, 9.17) is 0 Å². The van der Waals surface area contributed by atoms with Crippen molar-refractivity contribution in [2.24, 2.45) is 0 Å². The second kappa shape index (κ2) is 6.57. The summed E-state index contributed by atoms with van der Waals surface area (Å²) >= 11 is 1.67. The van der Waals surface area contributed by atoms with E-state index in [1.807, 2.05) is 31.3 Å². The molecule has 0 saturated heterocycles. The first-order chi connectivity index (χ1) is 8.81. The Morgan fingerprint density at radius 2 is 1.83 bits per heavy atom. The molecule has 0 aromatic heterocycles. The Hall–Kier alpha value is -1.32. The highest BCUT2D eigenvalue weighted by molar-refractivity contribution is 7.98. The molecule has 0 amide bonds. The zero-order valence-corrected chi connectivity index (χ0v) is 11.1. The van der Waals surface area contributed by atoms with Crippen LogP contribution in [-0.2, 0) is 12.3 Å². The zero-order valence-electron chi connectivity index (χ0n) is 10.3. The van der Waals surface area contributed by atoms with Crippen LogP contribution in [0.15, 0.2) is 53.4 Å². The lowest BCUT2D eigenvalue weighted by Gasteiger charge is -2.09. The zero-order chi connectivity index (χ0) is 12.8. The lowest BCUT2D eigenvalue weighted by molar-refractivity contribution is 0.594. The SMILES string of the molecule is CNCc1c(F)cccc1SCc1ccccc1. The van der Waals surface area contributed by atoms with Crippen LogP contribution in [0.4, 0.5) is 4.39 Å². The van der Waals surface area contributed by atoms with Gasteiger partial charge in [0.1, 0.15) is 5.82 Å². The number of benzene rings is 2. The summed E-state index contributed by atoms with van der Waals surface area (Å²) in [6, 6.07) is 15.5. The predicted octanol–water partition coefficient (Wildman–Crippen LogP) is 3.84. The maximum Gasteiger partial charge on any atom is 0.128 e. The number of halogens is 1. The van der Waals surface area contributed by atoms with Crippen LogP contribution in [0.5, 0.6) is 0 Å². The molecule has 0 aliphatic heterocycles. The fourth-order valence-corrected chi connectivity index (χ4v) is 2.79. The molecule has 0 fully saturated rings. The number of nitrogens with one attached hydrogen (secondary N) is 1. The highest BCUT2D eigenvalue weighted by atomic mass is 32.2. The topological polar surface area (TPSA) is 12.0 Å². The van der Waals surface area contributed by atoms with Crippen molar-refractivity contribution in [2.75, 3.05) is 7.05 Å². The number of thioether (sulfide) groups is 1. The van der Waals surface area contributed by atoms with E-state index in [1.54, 1.807) is 17.8 Å². The Balaban J connectivity index is 2.11. The minimum Gasteiger partial charge on any atom is -0.316 e. The Labute approximate surface area is 111 Å². The summed E-state index contributed by atoms with van der Waals surface area (Å²) in [5.74, 6) is 0.725. The van der Waals surface area contributed by atoms with Crippen LogP contribution in [0.2, 0.25) is 0 Å². The lowest BCUT2D eigenvalue weighted by Crippen LogP contribution is -2.08. The van der Waals surface area contributed by atoms with E-state index in [0.717, 1.165) is 16.2 Å². The summed E-state index contributed by atoms with van der Waals surface area (Å²) < 4.78 is 13.7. The molecule has 3 heteroatoms. The molecule has 0 saturated carbocycles. The van der Waals surface area contributed by atoms with Gasteiger partial charge in [0.2, 0.25) is 0 Å². The van der Waals surface area contributed by atoms with E-state index in [0.29, 0.717) is 6.54 Å². The fraction of sp³-hybridized carbons (Fsp3) is 0.200. The Morgan fingerprint density at radius 1 is 1.06 bits per heavy atom. The maximum atomic E-state index is 13.7. The predicted molar refractivity (Wildman–Crippen MR) is 75.2 cm³/mol. The van der Waals surface area contributed by atoms with Gasteiger partial charge in [0.25, 0.3) is 0 Å². The molecular formula is C15H16FNS. The third-order valence-corrected chi connectivity index (χ3v) is 3.84. The average molecular weight is 261 g/mol. The first kappa shape index (κ1) is 13.1. The van der Waals surface area contributed by atoms with Gasteiger partial charge in [-0.1, -0.05) is 36.4 Å². The molecule has 18 heavy (non-hydrogen) atoms. The van der Waals surface area contributed by atoms with Gasteiger partial charge in [-0.25, -0.2) is 4.39 Å². The second-order valence-corrected chi connectivity index (χ2v) is 5.04. The molecule has 0 aliphatic carbocycles. The van der Waals surface area contributed by atoms with Gasteiger partial charge in [0.05, 0.1) is 0 Å².